The Morgan fingerprint density at radius 1 is 1.92 bits per heavy atom. The van der Waals surface area contributed by atoms with Gasteiger partial charge in [-0.2, -0.15) is 0 Å². The molecule has 12 heavy (non-hydrogen) atoms. The lowest BCUT2D eigenvalue weighted by molar-refractivity contribution is -0.742. The Morgan fingerprint density at radius 3 is 2.58 bits per heavy atom. The van der Waals surface area contributed by atoms with E-state index in [1.807, 2.05) is 7.05 Å². The summed E-state index contributed by atoms with van der Waals surface area (Å²) in [5, 5.41) is 13.6. The standard InChI is InChI=1S/C6H10N2.HNO3/c1-3-6-7-4-5-8(6)2;2-1(3)4/h3H,1,4-5H2,2H3;(H,2,3,4). The number of likely N-dealkylation sites (N-methyl/N-ethyl adjacent to an activating group) is 1. The highest BCUT2D eigenvalue weighted by atomic mass is 16.9. The zero-order chi connectivity index (χ0) is 9.56. The topological polar surface area (TPSA) is 79.0 Å². The van der Waals surface area contributed by atoms with Gasteiger partial charge in [-0.05, 0) is 6.08 Å². The van der Waals surface area contributed by atoms with Crippen LogP contribution in [0.1, 0.15) is 0 Å². The molecule has 68 valence electrons. The van der Waals surface area contributed by atoms with Crippen LogP contribution in [0, 0.1) is 10.1 Å². The van der Waals surface area contributed by atoms with Gasteiger partial charge < -0.3 is 10.1 Å². The molecule has 1 aliphatic rings. The van der Waals surface area contributed by atoms with Gasteiger partial charge in [0.1, 0.15) is 5.84 Å². The van der Waals surface area contributed by atoms with Crippen LogP contribution in [0.25, 0.3) is 0 Å². The first-order valence-electron chi connectivity index (χ1n) is 3.29. The molecule has 0 saturated heterocycles. The van der Waals surface area contributed by atoms with Crippen molar-refractivity contribution in [2.24, 2.45) is 4.99 Å². The Balaban J connectivity index is 0.000000261. The predicted octanol–water partition coefficient (Wildman–Crippen LogP) is 0.169. The third-order valence-electron chi connectivity index (χ3n) is 1.28. The lowest BCUT2D eigenvalue weighted by Crippen LogP contribution is -2.20. The number of rotatable bonds is 1. The molecule has 6 nitrogen and oxygen atoms in total. The Labute approximate surface area is 69.9 Å². The Hall–Kier alpha value is -1.59. The van der Waals surface area contributed by atoms with Crippen molar-refractivity contribution < 1.29 is 10.3 Å². The van der Waals surface area contributed by atoms with Gasteiger partial charge in [0.05, 0.1) is 6.54 Å². The van der Waals surface area contributed by atoms with Crippen LogP contribution < -0.4 is 0 Å². The first-order chi connectivity index (χ1) is 5.57. The van der Waals surface area contributed by atoms with Gasteiger partial charge in [0.15, 0.2) is 0 Å². The molecule has 1 heterocycles. The number of nitrogens with zero attached hydrogens (tertiary/aromatic N) is 3. The number of hydrogen-bond donors (Lipinski definition) is 1. The average molecular weight is 173 g/mol. The number of aliphatic imine (C=N–C) groups is 1. The minimum Gasteiger partial charge on any atom is -0.358 e. The van der Waals surface area contributed by atoms with Crippen LogP contribution >= 0.6 is 0 Å². The van der Waals surface area contributed by atoms with Crippen molar-refractivity contribution in [1.29, 1.82) is 0 Å². The van der Waals surface area contributed by atoms with Gasteiger partial charge >= 0.3 is 0 Å². The molecule has 1 rings (SSSR count). The van der Waals surface area contributed by atoms with E-state index in [1.54, 1.807) is 6.08 Å². The minimum atomic E-state index is -1.50. The summed E-state index contributed by atoms with van der Waals surface area (Å²) < 4.78 is 0. The van der Waals surface area contributed by atoms with Gasteiger partial charge in [-0.15, -0.1) is 10.1 Å². The van der Waals surface area contributed by atoms with Crippen molar-refractivity contribution >= 4 is 5.84 Å². The van der Waals surface area contributed by atoms with E-state index in [4.69, 9.17) is 15.3 Å². The Kier molecular flexibility index (Phi) is 4.43. The molecular weight excluding hydrogens is 162 g/mol. The highest BCUT2D eigenvalue weighted by Crippen LogP contribution is 1.96. The van der Waals surface area contributed by atoms with Gasteiger partial charge in [0.25, 0.3) is 5.09 Å². The quantitative estimate of drug-likeness (QED) is 0.452. The summed E-state index contributed by atoms with van der Waals surface area (Å²) in [4.78, 5) is 14.6. The zero-order valence-corrected chi connectivity index (χ0v) is 6.80. The van der Waals surface area contributed by atoms with Crippen LogP contribution in [-0.2, 0) is 0 Å². The summed E-state index contributed by atoms with van der Waals surface area (Å²) >= 11 is 0. The molecule has 0 bridgehead atoms. The van der Waals surface area contributed by atoms with Crippen LogP contribution in [0.15, 0.2) is 17.6 Å². The lowest BCUT2D eigenvalue weighted by atomic mass is 10.5. The largest absolute Gasteiger partial charge is 0.358 e. The van der Waals surface area contributed by atoms with E-state index in [0.29, 0.717) is 0 Å². The van der Waals surface area contributed by atoms with Crippen molar-refractivity contribution in [3.63, 3.8) is 0 Å². The van der Waals surface area contributed by atoms with E-state index in [-0.39, 0.29) is 0 Å². The molecule has 0 radical (unpaired) electrons. The second-order valence-corrected chi connectivity index (χ2v) is 2.10. The highest BCUT2D eigenvalue weighted by Gasteiger charge is 2.06. The van der Waals surface area contributed by atoms with Crippen LogP contribution in [0.4, 0.5) is 0 Å². The molecule has 0 aromatic rings. The summed E-state index contributed by atoms with van der Waals surface area (Å²) in [7, 11) is 2.02. The summed E-state index contributed by atoms with van der Waals surface area (Å²) in [6.07, 6.45) is 1.78. The van der Waals surface area contributed by atoms with Crippen LogP contribution in [0.3, 0.4) is 0 Å². The van der Waals surface area contributed by atoms with Gasteiger partial charge in [0, 0.05) is 13.6 Å². The molecule has 0 aromatic carbocycles. The molecule has 0 aromatic heterocycles. The van der Waals surface area contributed by atoms with Gasteiger partial charge in [0.2, 0.25) is 0 Å². The SMILES string of the molecule is C=CC1=NCCN1C.O=[N+]([O-])O. The Bertz CT molecular complexity index is 198. The maximum atomic E-state index is 8.36. The van der Waals surface area contributed by atoms with Gasteiger partial charge in [-0.1, -0.05) is 6.58 Å². The summed E-state index contributed by atoms with van der Waals surface area (Å²) in [5.74, 6) is 1.02. The third-order valence-corrected chi connectivity index (χ3v) is 1.28. The monoisotopic (exact) mass is 173 g/mol. The van der Waals surface area contributed by atoms with Crippen molar-refractivity contribution in [1.82, 2.24) is 4.90 Å². The molecule has 1 N–H and O–H groups in total. The molecule has 0 amide bonds. The fourth-order valence-corrected chi connectivity index (χ4v) is 0.770. The fraction of sp³-hybridized carbons (Fsp3) is 0.500. The summed E-state index contributed by atoms with van der Waals surface area (Å²) in [6, 6.07) is 0. The van der Waals surface area contributed by atoms with Crippen LogP contribution in [0.5, 0.6) is 0 Å². The van der Waals surface area contributed by atoms with Crippen LogP contribution in [0.2, 0.25) is 0 Å². The second-order valence-electron chi connectivity index (χ2n) is 2.10. The molecule has 0 spiro atoms. The maximum Gasteiger partial charge on any atom is 0.291 e. The van der Waals surface area contributed by atoms with Gasteiger partial charge in [-0.25, -0.2) is 0 Å². The fourth-order valence-electron chi connectivity index (χ4n) is 0.770. The second kappa shape index (κ2) is 5.11. The maximum absolute atomic E-state index is 8.36. The zero-order valence-electron chi connectivity index (χ0n) is 6.80. The van der Waals surface area contributed by atoms with E-state index < -0.39 is 5.09 Å². The smallest absolute Gasteiger partial charge is 0.291 e. The van der Waals surface area contributed by atoms with Crippen molar-refractivity contribution in [3.8, 4) is 0 Å². The highest BCUT2D eigenvalue weighted by molar-refractivity contribution is 5.93. The number of hydrogen-bond acceptors (Lipinski definition) is 4. The third kappa shape index (κ3) is 4.26. The molecular formula is C6H11N3O3. The Morgan fingerprint density at radius 2 is 2.42 bits per heavy atom. The minimum absolute atomic E-state index is 0.928. The number of amidine groups is 1. The van der Waals surface area contributed by atoms with Crippen LogP contribution in [-0.4, -0.2) is 41.2 Å². The van der Waals surface area contributed by atoms with Crippen molar-refractivity contribution in [3.05, 3.63) is 22.8 Å². The van der Waals surface area contributed by atoms with E-state index in [2.05, 4.69) is 16.5 Å². The van der Waals surface area contributed by atoms with E-state index in [0.717, 1.165) is 18.9 Å². The predicted molar refractivity (Wildman–Crippen MR) is 43.9 cm³/mol. The molecule has 0 fully saturated rings. The molecule has 0 saturated carbocycles. The van der Waals surface area contributed by atoms with E-state index in [1.165, 1.54) is 0 Å². The first kappa shape index (κ1) is 10.4. The molecule has 1 aliphatic heterocycles. The van der Waals surface area contributed by atoms with E-state index >= 15 is 0 Å². The summed E-state index contributed by atoms with van der Waals surface area (Å²) in [6.45, 7) is 5.59. The first-order valence-corrected chi connectivity index (χ1v) is 3.29. The normalized spacial score (nSPS) is 14.4. The lowest BCUT2D eigenvalue weighted by Gasteiger charge is -2.08. The molecule has 0 aliphatic carbocycles. The molecule has 6 heteroatoms. The van der Waals surface area contributed by atoms with Crippen molar-refractivity contribution in [2.45, 2.75) is 0 Å². The van der Waals surface area contributed by atoms with Gasteiger partial charge in [-0.3, -0.25) is 4.99 Å². The van der Waals surface area contributed by atoms with Crippen molar-refractivity contribution in [2.75, 3.05) is 20.1 Å². The average Bonchev–Trinajstić information content (AvgIpc) is 2.33. The van der Waals surface area contributed by atoms with E-state index in [9.17, 15) is 0 Å². The molecule has 0 unspecified atom stereocenters. The molecule has 0 atom stereocenters. The summed E-state index contributed by atoms with van der Waals surface area (Å²) in [5.41, 5.74) is 0.